The van der Waals surface area contributed by atoms with E-state index < -0.39 is 0 Å². The normalized spacial score (nSPS) is 9.90. The third kappa shape index (κ3) is 5.27. The molecule has 1 rings (SSSR count). The van der Waals surface area contributed by atoms with Gasteiger partial charge in [-0.2, -0.15) is 0 Å². The van der Waals surface area contributed by atoms with Crippen molar-refractivity contribution in [2.45, 2.75) is 6.42 Å². The molecular weight excluding hydrogens is 258 g/mol. The van der Waals surface area contributed by atoms with Gasteiger partial charge in [0.05, 0.1) is 12.2 Å². The Balaban J connectivity index is 2.34. The highest BCUT2D eigenvalue weighted by Gasteiger charge is 2.09. The van der Waals surface area contributed by atoms with Crippen molar-refractivity contribution >= 4 is 17.5 Å². The minimum atomic E-state index is -0.195. The molecule has 110 valence electrons. The summed E-state index contributed by atoms with van der Waals surface area (Å²) < 4.78 is 4.83. The molecule has 0 bridgehead atoms. The molecule has 6 nitrogen and oxygen atoms in total. The van der Waals surface area contributed by atoms with Crippen LogP contribution in [0.25, 0.3) is 0 Å². The third-order valence-corrected chi connectivity index (χ3v) is 2.71. The van der Waals surface area contributed by atoms with E-state index in [2.05, 4.69) is 16.0 Å². The molecule has 0 aliphatic heterocycles. The highest BCUT2D eigenvalue weighted by atomic mass is 16.5. The van der Waals surface area contributed by atoms with Crippen LogP contribution in [0.3, 0.4) is 0 Å². The summed E-state index contributed by atoms with van der Waals surface area (Å²) in [7, 11) is 3.33. The van der Waals surface area contributed by atoms with Crippen LogP contribution >= 0.6 is 0 Å². The Hall–Kier alpha value is -2.08. The predicted molar refractivity (Wildman–Crippen MR) is 77.8 cm³/mol. The summed E-state index contributed by atoms with van der Waals surface area (Å²) in [5, 5.41) is 8.37. The number of rotatable bonds is 8. The number of hydrogen-bond donors (Lipinski definition) is 3. The van der Waals surface area contributed by atoms with Gasteiger partial charge in [0.25, 0.3) is 5.91 Å². The number of nitrogens with one attached hydrogen (secondary N) is 3. The van der Waals surface area contributed by atoms with Crippen molar-refractivity contribution in [2.75, 3.05) is 39.2 Å². The van der Waals surface area contributed by atoms with Crippen molar-refractivity contribution in [1.29, 1.82) is 0 Å². The SMILES string of the molecule is CNc1ccccc1C(=O)NCCC(=O)NCCOC. The Morgan fingerprint density at radius 3 is 2.60 bits per heavy atom. The molecule has 0 aliphatic rings. The molecular formula is C14H21N3O3. The lowest BCUT2D eigenvalue weighted by molar-refractivity contribution is -0.121. The fourth-order valence-electron chi connectivity index (χ4n) is 1.66. The van der Waals surface area contributed by atoms with Crippen molar-refractivity contribution in [3.05, 3.63) is 29.8 Å². The zero-order valence-corrected chi connectivity index (χ0v) is 11.9. The first-order valence-corrected chi connectivity index (χ1v) is 6.49. The number of para-hydroxylation sites is 1. The molecule has 0 aromatic heterocycles. The number of benzene rings is 1. The summed E-state index contributed by atoms with van der Waals surface area (Å²) >= 11 is 0. The number of carbonyl (C=O) groups excluding carboxylic acids is 2. The Labute approximate surface area is 118 Å². The smallest absolute Gasteiger partial charge is 0.253 e. The maximum Gasteiger partial charge on any atom is 0.253 e. The van der Waals surface area contributed by atoms with Gasteiger partial charge in [-0.15, -0.1) is 0 Å². The number of amides is 2. The fraction of sp³-hybridized carbons (Fsp3) is 0.429. The van der Waals surface area contributed by atoms with Crippen molar-refractivity contribution in [1.82, 2.24) is 10.6 Å². The van der Waals surface area contributed by atoms with Crippen LogP contribution in [0, 0.1) is 0 Å². The first kappa shape index (κ1) is 16.0. The molecule has 0 heterocycles. The van der Waals surface area contributed by atoms with Crippen LogP contribution in [-0.2, 0) is 9.53 Å². The third-order valence-electron chi connectivity index (χ3n) is 2.71. The Bertz CT molecular complexity index is 449. The minimum absolute atomic E-state index is 0.107. The van der Waals surface area contributed by atoms with Gasteiger partial charge in [0.2, 0.25) is 5.91 Å². The molecule has 0 fully saturated rings. The molecule has 0 unspecified atom stereocenters. The summed E-state index contributed by atoms with van der Waals surface area (Å²) in [4.78, 5) is 23.4. The average molecular weight is 279 g/mol. The minimum Gasteiger partial charge on any atom is -0.387 e. The standard InChI is InChI=1S/C14H21N3O3/c1-15-12-6-4-3-5-11(12)14(19)17-8-7-13(18)16-9-10-20-2/h3-6,15H,7-10H2,1-2H3,(H,16,18)(H,17,19). The quantitative estimate of drug-likeness (QED) is 0.609. The predicted octanol–water partition coefficient (Wildman–Crippen LogP) is 0.611. The maximum atomic E-state index is 12.0. The highest BCUT2D eigenvalue weighted by molar-refractivity contribution is 5.99. The first-order valence-electron chi connectivity index (χ1n) is 6.49. The van der Waals surface area contributed by atoms with Gasteiger partial charge in [-0.25, -0.2) is 0 Å². The van der Waals surface area contributed by atoms with Crippen LogP contribution in [0.2, 0.25) is 0 Å². The van der Waals surface area contributed by atoms with E-state index in [0.717, 1.165) is 5.69 Å². The lowest BCUT2D eigenvalue weighted by atomic mass is 10.1. The van der Waals surface area contributed by atoms with Gasteiger partial charge >= 0.3 is 0 Å². The summed E-state index contributed by atoms with van der Waals surface area (Å²) in [6.45, 7) is 1.26. The van der Waals surface area contributed by atoms with E-state index in [1.165, 1.54) is 0 Å². The maximum absolute atomic E-state index is 12.0. The van der Waals surface area contributed by atoms with Gasteiger partial charge in [-0.3, -0.25) is 9.59 Å². The Morgan fingerprint density at radius 2 is 1.90 bits per heavy atom. The summed E-state index contributed by atoms with van der Waals surface area (Å²) in [6.07, 6.45) is 0.247. The molecule has 0 saturated heterocycles. The summed E-state index contributed by atoms with van der Waals surface area (Å²) in [5.74, 6) is -0.302. The van der Waals surface area contributed by atoms with E-state index in [4.69, 9.17) is 4.74 Å². The number of hydrogen-bond acceptors (Lipinski definition) is 4. The zero-order valence-electron chi connectivity index (χ0n) is 11.9. The van der Waals surface area contributed by atoms with Gasteiger partial charge in [0, 0.05) is 39.4 Å². The second-order valence-corrected chi connectivity index (χ2v) is 4.14. The molecule has 2 amide bonds. The van der Waals surface area contributed by atoms with Crippen LogP contribution < -0.4 is 16.0 Å². The van der Waals surface area contributed by atoms with Gasteiger partial charge in [0.15, 0.2) is 0 Å². The lowest BCUT2D eigenvalue weighted by Gasteiger charge is -2.09. The number of methoxy groups -OCH3 is 1. The van der Waals surface area contributed by atoms with Crippen LogP contribution in [0.5, 0.6) is 0 Å². The molecule has 1 aromatic carbocycles. The number of ether oxygens (including phenoxy) is 1. The van der Waals surface area contributed by atoms with E-state index in [1.54, 1.807) is 26.3 Å². The number of carbonyl (C=O) groups is 2. The van der Waals surface area contributed by atoms with Gasteiger partial charge in [0.1, 0.15) is 0 Å². The average Bonchev–Trinajstić information content (AvgIpc) is 2.47. The molecule has 3 N–H and O–H groups in total. The van der Waals surface area contributed by atoms with Gasteiger partial charge in [-0.05, 0) is 12.1 Å². The molecule has 0 aliphatic carbocycles. The van der Waals surface area contributed by atoms with Crippen LogP contribution in [0.4, 0.5) is 5.69 Å². The van der Waals surface area contributed by atoms with Crippen LogP contribution in [0.1, 0.15) is 16.8 Å². The van der Waals surface area contributed by atoms with E-state index in [1.807, 2.05) is 12.1 Å². The molecule has 6 heteroatoms. The Morgan fingerprint density at radius 1 is 1.15 bits per heavy atom. The number of anilines is 1. The Kier molecular flexibility index (Phi) is 7.13. The summed E-state index contributed by atoms with van der Waals surface area (Å²) in [5.41, 5.74) is 1.32. The van der Waals surface area contributed by atoms with Crippen molar-refractivity contribution < 1.29 is 14.3 Å². The second kappa shape index (κ2) is 8.92. The molecule has 0 radical (unpaired) electrons. The van der Waals surface area contributed by atoms with Gasteiger partial charge < -0.3 is 20.7 Å². The van der Waals surface area contributed by atoms with Crippen molar-refractivity contribution in [2.24, 2.45) is 0 Å². The van der Waals surface area contributed by atoms with Crippen molar-refractivity contribution in [3.63, 3.8) is 0 Å². The van der Waals surface area contributed by atoms with Crippen molar-refractivity contribution in [3.8, 4) is 0 Å². The first-order chi connectivity index (χ1) is 9.69. The van der Waals surface area contributed by atoms with E-state index in [0.29, 0.717) is 25.3 Å². The lowest BCUT2D eigenvalue weighted by Crippen LogP contribution is -2.32. The van der Waals surface area contributed by atoms with E-state index >= 15 is 0 Å². The van der Waals surface area contributed by atoms with Crippen LogP contribution in [0.15, 0.2) is 24.3 Å². The molecule has 0 atom stereocenters. The topological polar surface area (TPSA) is 79.5 Å². The molecule has 20 heavy (non-hydrogen) atoms. The molecule has 1 aromatic rings. The van der Waals surface area contributed by atoms with E-state index in [-0.39, 0.29) is 18.2 Å². The fourth-order valence-corrected chi connectivity index (χ4v) is 1.66. The second-order valence-electron chi connectivity index (χ2n) is 4.14. The zero-order chi connectivity index (χ0) is 14.8. The summed E-state index contributed by atoms with van der Waals surface area (Å²) in [6, 6.07) is 7.21. The molecule has 0 saturated carbocycles. The highest BCUT2D eigenvalue weighted by Crippen LogP contribution is 2.13. The monoisotopic (exact) mass is 279 g/mol. The van der Waals surface area contributed by atoms with Gasteiger partial charge in [-0.1, -0.05) is 12.1 Å². The molecule has 0 spiro atoms. The van der Waals surface area contributed by atoms with E-state index in [9.17, 15) is 9.59 Å². The largest absolute Gasteiger partial charge is 0.387 e. The van der Waals surface area contributed by atoms with Crippen LogP contribution in [-0.4, -0.2) is 45.7 Å².